The molecule has 0 radical (unpaired) electrons. The Balaban J connectivity index is 1.73. The van der Waals surface area contributed by atoms with Gasteiger partial charge in [-0.3, -0.25) is 0 Å². The van der Waals surface area contributed by atoms with Crippen molar-refractivity contribution >= 4 is 10.0 Å². The molecule has 5 heteroatoms. The summed E-state index contributed by atoms with van der Waals surface area (Å²) >= 11 is 0. The SMILES string of the molecule is O=S1(=O)CC2(CCNC2)CN1CC1CCC1. The van der Waals surface area contributed by atoms with Gasteiger partial charge in [0.2, 0.25) is 10.0 Å². The fraction of sp³-hybridized carbons (Fsp3) is 1.00. The zero-order valence-corrected chi connectivity index (χ0v) is 10.4. The van der Waals surface area contributed by atoms with Crippen molar-refractivity contribution in [1.29, 1.82) is 0 Å². The normalized spacial score (nSPS) is 39.2. The van der Waals surface area contributed by atoms with Crippen LogP contribution in [0.2, 0.25) is 0 Å². The molecule has 3 aliphatic rings. The molecular formula is C11H20N2O2S. The second-order valence-electron chi connectivity index (χ2n) is 5.77. The lowest BCUT2D eigenvalue weighted by Crippen LogP contribution is -2.35. The van der Waals surface area contributed by atoms with Crippen LogP contribution in [0.3, 0.4) is 0 Å². The zero-order valence-electron chi connectivity index (χ0n) is 9.61. The van der Waals surface area contributed by atoms with E-state index in [1.165, 1.54) is 19.3 Å². The van der Waals surface area contributed by atoms with Crippen LogP contribution < -0.4 is 5.32 Å². The summed E-state index contributed by atoms with van der Waals surface area (Å²) < 4.78 is 26.0. The molecule has 1 saturated carbocycles. The molecule has 0 aromatic rings. The topological polar surface area (TPSA) is 49.4 Å². The smallest absolute Gasteiger partial charge is 0.214 e. The fourth-order valence-electron chi connectivity index (χ4n) is 3.19. The summed E-state index contributed by atoms with van der Waals surface area (Å²) in [6, 6.07) is 0. The van der Waals surface area contributed by atoms with Gasteiger partial charge in [0.1, 0.15) is 0 Å². The van der Waals surface area contributed by atoms with Gasteiger partial charge in [0.25, 0.3) is 0 Å². The van der Waals surface area contributed by atoms with Crippen molar-refractivity contribution in [2.24, 2.45) is 11.3 Å². The van der Waals surface area contributed by atoms with Crippen LogP contribution in [0, 0.1) is 11.3 Å². The van der Waals surface area contributed by atoms with Gasteiger partial charge in [0.05, 0.1) is 5.75 Å². The van der Waals surface area contributed by atoms with Crippen molar-refractivity contribution in [3.63, 3.8) is 0 Å². The van der Waals surface area contributed by atoms with Crippen LogP contribution in [0.4, 0.5) is 0 Å². The largest absolute Gasteiger partial charge is 0.316 e. The van der Waals surface area contributed by atoms with E-state index in [4.69, 9.17) is 0 Å². The first-order valence-electron chi connectivity index (χ1n) is 6.28. The third-order valence-electron chi connectivity index (χ3n) is 4.41. The van der Waals surface area contributed by atoms with Crippen molar-refractivity contribution in [2.75, 3.05) is 31.9 Å². The van der Waals surface area contributed by atoms with E-state index in [1.54, 1.807) is 4.31 Å². The van der Waals surface area contributed by atoms with E-state index in [2.05, 4.69) is 5.32 Å². The first-order valence-corrected chi connectivity index (χ1v) is 7.89. The Labute approximate surface area is 97.4 Å². The van der Waals surface area contributed by atoms with Crippen molar-refractivity contribution in [3.8, 4) is 0 Å². The maximum atomic E-state index is 12.1. The molecule has 1 spiro atoms. The molecule has 3 rings (SSSR count). The van der Waals surface area contributed by atoms with E-state index in [-0.39, 0.29) is 5.41 Å². The van der Waals surface area contributed by atoms with Crippen LogP contribution in [0.25, 0.3) is 0 Å². The molecule has 1 aliphatic carbocycles. The second kappa shape index (κ2) is 3.68. The molecule has 0 aromatic carbocycles. The van der Waals surface area contributed by atoms with E-state index < -0.39 is 10.0 Å². The average Bonchev–Trinajstić information content (AvgIpc) is 2.65. The number of sulfonamides is 1. The van der Waals surface area contributed by atoms with E-state index in [9.17, 15) is 8.42 Å². The maximum absolute atomic E-state index is 12.1. The monoisotopic (exact) mass is 244 g/mol. The summed E-state index contributed by atoms with van der Waals surface area (Å²) in [5.74, 6) is 1.01. The molecule has 3 fully saturated rings. The highest BCUT2D eigenvalue weighted by atomic mass is 32.2. The van der Waals surface area contributed by atoms with Gasteiger partial charge in [-0.25, -0.2) is 12.7 Å². The molecule has 1 atom stereocenters. The minimum absolute atomic E-state index is 0.0303. The number of nitrogens with one attached hydrogen (secondary N) is 1. The number of nitrogens with zero attached hydrogens (tertiary/aromatic N) is 1. The first kappa shape index (κ1) is 11.0. The molecule has 0 aromatic heterocycles. The molecule has 2 heterocycles. The molecule has 2 saturated heterocycles. The Morgan fingerprint density at radius 2 is 2.19 bits per heavy atom. The predicted octanol–water partition coefficient (Wildman–Crippen LogP) is 0.412. The van der Waals surface area contributed by atoms with Crippen molar-refractivity contribution in [2.45, 2.75) is 25.7 Å². The van der Waals surface area contributed by atoms with Crippen molar-refractivity contribution in [3.05, 3.63) is 0 Å². The third kappa shape index (κ3) is 1.79. The van der Waals surface area contributed by atoms with Gasteiger partial charge in [0.15, 0.2) is 0 Å². The molecular weight excluding hydrogens is 224 g/mol. The second-order valence-corrected chi connectivity index (χ2v) is 7.74. The van der Waals surface area contributed by atoms with Crippen LogP contribution in [0.1, 0.15) is 25.7 Å². The van der Waals surface area contributed by atoms with Crippen molar-refractivity contribution in [1.82, 2.24) is 9.62 Å². The van der Waals surface area contributed by atoms with E-state index >= 15 is 0 Å². The minimum Gasteiger partial charge on any atom is -0.316 e. The van der Waals surface area contributed by atoms with Crippen LogP contribution in [-0.4, -0.2) is 44.7 Å². The van der Waals surface area contributed by atoms with Gasteiger partial charge in [0, 0.05) is 25.0 Å². The summed E-state index contributed by atoms with van der Waals surface area (Å²) in [7, 11) is -2.96. The van der Waals surface area contributed by atoms with E-state index in [0.717, 1.165) is 32.6 Å². The molecule has 92 valence electrons. The highest BCUT2D eigenvalue weighted by molar-refractivity contribution is 7.89. The van der Waals surface area contributed by atoms with Gasteiger partial charge in [-0.1, -0.05) is 6.42 Å². The van der Waals surface area contributed by atoms with Gasteiger partial charge >= 0.3 is 0 Å². The van der Waals surface area contributed by atoms with E-state index in [0.29, 0.717) is 11.7 Å². The molecule has 16 heavy (non-hydrogen) atoms. The quantitative estimate of drug-likeness (QED) is 0.765. The summed E-state index contributed by atoms with van der Waals surface area (Å²) in [5, 5.41) is 3.30. The average molecular weight is 244 g/mol. The predicted molar refractivity (Wildman–Crippen MR) is 62.6 cm³/mol. The summed E-state index contributed by atoms with van der Waals surface area (Å²) in [6.07, 6.45) is 4.74. The Morgan fingerprint density at radius 3 is 2.75 bits per heavy atom. The van der Waals surface area contributed by atoms with Crippen LogP contribution in [-0.2, 0) is 10.0 Å². The van der Waals surface area contributed by atoms with Crippen molar-refractivity contribution < 1.29 is 8.42 Å². The number of rotatable bonds is 2. The minimum atomic E-state index is -2.96. The standard InChI is InChI=1S/C11H20N2O2S/c14-16(15)9-11(4-5-12-7-11)8-13(16)6-10-2-1-3-10/h10,12H,1-9H2. The lowest BCUT2D eigenvalue weighted by Gasteiger charge is -2.29. The molecule has 1 unspecified atom stereocenters. The highest BCUT2D eigenvalue weighted by Gasteiger charge is 2.49. The zero-order chi connectivity index (χ0) is 11.2. The highest BCUT2D eigenvalue weighted by Crippen LogP contribution is 2.38. The molecule has 0 amide bonds. The lowest BCUT2D eigenvalue weighted by molar-refractivity contribution is 0.222. The first-order chi connectivity index (χ1) is 7.60. The Bertz CT molecular complexity index is 369. The molecule has 4 nitrogen and oxygen atoms in total. The summed E-state index contributed by atoms with van der Waals surface area (Å²) in [5.41, 5.74) is 0.0303. The van der Waals surface area contributed by atoms with E-state index in [1.807, 2.05) is 0 Å². The van der Waals surface area contributed by atoms with Gasteiger partial charge in [-0.15, -0.1) is 0 Å². The number of hydrogen-bond donors (Lipinski definition) is 1. The Hall–Kier alpha value is -0.130. The third-order valence-corrected chi connectivity index (χ3v) is 6.45. The number of hydrogen-bond acceptors (Lipinski definition) is 3. The van der Waals surface area contributed by atoms with Crippen LogP contribution in [0.15, 0.2) is 0 Å². The Kier molecular flexibility index (Phi) is 2.53. The lowest BCUT2D eigenvalue weighted by atomic mass is 9.84. The fourth-order valence-corrected chi connectivity index (χ4v) is 5.39. The van der Waals surface area contributed by atoms with Crippen LogP contribution in [0.5, 0.6) is 0 Å². The summed E-state index contributed by atoms with van der Waals surface area (Å²) in [6.45, 7) is 3.41. The Morgan fingerprint density at radius 1 is 1.38 bits per heavy atom. The van der Waals surface area contributed by atoms with Gasteiger partial charge in [-0.2, -0.15) is 0 Å². The van der Waals surface area contributed by atoms with Gasteiger partial charge in [-0.05, 0) is 31.7 Å². The molecule has 0 bridgehead atoms. The van der Waals surface area contributed by atoms with Crippen LogP contribution >= 0.6 is 0 Å². The molecule has 2 aliphatic heterocycles. The molecule has 1 N–H and O–H groups in total. The maximum Gasteiger partial charge on any atom is 0.214 e. The van der Waals surface area contributed by atoms with Gasteiger partial charge < -0.3 is 5.32 Å². The summed E-state index contributed by atoms with van der Waals surface area (Å²) in [4.78, 5) is 0.